The maximum atomic E-state index is 12.7. The van der Waals surface area contributed by atoms with Crippen LogP contribution in [0.5, 0.6) is 0 Å². The molecular weight excluding hydrogens is 322 g/mol. The van der Waals surface area contributed by atoms with Gasteiger partial charge in [0.2, 0.25) is 0 Å². The summed E-state index contributed by atoms with van der Waals surface area (Å²) in [4.78, 5) is 17.0. The maximum Gasteiger partial charge on any atom is 0.253 e. The molecule has 1 N–H and O–H groups in total. The molecule has 26 heavy (non-hydrogen) atoms. The van der Waals surface area contributed by atoms with E-state index < -0.39 is 0 Å². The van der Waals surface area contributed by atoms with E-state index in [0.717, 1.165) is 44.0 Å². The average molecular weight is 349 g/mol. The summed E-state index contributed by atoms with van der Waals surface area (Å²) in [5.41, 5.74) is 5.51. The van der Waals surface area contributed by atoms with Crippen LogP contribution in [0, 0.1) is 13.8 Å². The summed E-state index contributed by atoms with van der Waals surface area (Å²) in [7, 11) is 0. The zero-order valence-corrected chi connectivity index (χ0v) is 15.7. The van der Waals surface area contributed by atoms with Crippen molar-refractivity contribution in [1.29, 1.82) is 0 Å². The SMILES string of the molecule is C=CCNc1cc(N2CCN(C(=O)c3ccc(C)cc3)CC2)ccc1C. The van der Waals surface area contributed by atoms with Crippen molar-refractivity contribution in [3.05, 3.63) is 71.8 Å². The number of anilines is 2. The first kappa shape index (κ1) is 18.1. The number of amides is 1. The van der Waals surface area contributed by atoms with E-state index in [1.54, 1.807) is 0 Å². The standard InChI is InChI=1S/C22H27N3O/c1-4-11-23-21-16-20(10-7-18(21)3)24-12-14-25(15-13-24)22(26)19-8-5-17(2)6-9-19/h4-10,16,23H,1,11-15H2,2-3H3. The molecule has 2 aromatic carbocycles. The van der Waals surface area contributed by atoms with Gasteiger partial charge in [0.1, 0.15) is 0 Å². The fraction of sp³-hybridized carbons (Fsp3) is 0.318. The molecule has 0 aromatic heterocycles. The smallest absolute Gasteiger partial charge is 0.253 e. The molecular formula is C22H27N3O. The number of carbonyl (C=O) groups excluding carboxylic acids is 1. The van der Waals surface area contributed by atoms with E-state index in [-0.39, 0.29) is 5.91 Å². The first-order valence-corrected chi connectivity index (χ1v) is 9.15. The second-order valence-corrected chi connectivity index (χ2v) is 6.81. The van der Waals surface area contributed by atoms with Crippen LogP contribution in [0.1, 0.15) is 21.5 Å². The number of hydrogen-bond acceptors (Lipinski definition) is 3. The molecule has 1 aliphatic heterocycles. The first-order valence-electron chi connectivity index (χ1n) is 9.15. The third kappa shape index (κ3) is 4.07. The lowest BCUT2D eigenvalue weighted by Gasteiger charge is -2.36. The molecule has 0 saturated carbocycles. The fourth-order valence-corrected chi connectivity index (χ4v) is 3.23. The summed E-state index contributed by atoms with van der Waals surface area (Å²) < 4.78 is 0. The zero-order chi connectivity index (χ0) is 18.5. The van der Waals surface area contributed by atoms with E-state index in [9.17, 15) is 4.79 Å². The molecule has 0 unspecified atom stereocenters. The van der Waals surface area contributed by atoms with E-state index in [0.29, 0.717) is 0 Å². The van der Waals surface area contributed by atoms with Crippen molar-refractivity contribution in [3.8, 4) is 0 Å². The minimum atomic E-state index is 0.127. The number of hydrogen-bond donors (Lipinski definition) is 1. The molecule has 4 nitrogen and oxygen atoms in total. The quantitative estimate of drug-likeness (QED) is 0.833. The Balaban J connectivity index is 1.64. The number of carbonyl (C=O) groups is 1. The summed E-state index contributed by atoms with van der Waals surface area (Å²) in [6.07, 6.45) is 1.86. The molecule has 1 saturated heterocycles. The van der Waals surface area contributed by atoms with Crippen molar-refractivity contribution in [2.75, 3.05) is 42.9 Å². The van der Waals surface area contributed by atoms with Gasteiger partial charge in [-0.3, -0.25) is 4.79 Å². The molecule has 0 spiro atoms. The molecule has 4 heteroatoms. The summed E-state index contributed by atoms with van der Waals surface area (Å²) >= 11 is 0. The molecule has 136 valence electrons. The van der Waals surface area contributed by atoms with Gasteiger partial charge in [0, 0.05) is 49.7 Å². The van der Waals surface area contributed by atoms with Crippen LogP contribution in [0.25, 0.3) is 0 Å². The van der Waals surface area contributed by atoms with Crippen LogP contribution in [-0.4, -0.2) is 43.5 Å². The van der Waals surface area contributed by atoms with Crippen LogP contribution in [-0.2, 0) is 0 Å². The number of nitrogens with zero attached hydrogens (tertiary/aromatic N) is 2. The molecule has 1 heterocycles. The van der Waals surface area contributed by atoms with Crippen molar-refractivity contribution < 1.29 is 4.79 Å². The highest BCUT2D eigenvalue weighted by atomic mass is 16.2. The Kier molecular flexibility index (Phi) is 5.61. The zero-order valence-electron chi connectivity index (χ0n) is 15.7. The lowest BCUT2D eigenvalue weighted by molar-refractivity contribution is 0.0747. The molecule has 1 amide bonds. The van der Waals surface area contributed by atoms with E-state index >= 15 is 0 Å². The van der Waals surface area contributed by atoms with Gasteiger partial charge in [-0.05, 0) is 43.7 Å². The molecule has 1 aliphatic rings. The third-order valence-corrected chi connectivity index (χ3v) is 4.89. The molecule has 0 aliphatic carbocycles. The van der Waals surface area contributed by atoms with Gasteiger partial charge in [0.15, 0.2) is 0 Å². The van der Waals surface area contributed by atoms with Crippen molar-refractivity contribution >= 4 is 17.3 Å². The van der Waals surface area contributed by atoms with Gasteiger partial charge in [-0.25, -0.2) is 0 Å². The Labute approximate surface area is 156 Å². The highest BCUT2D eigenvalue weighted by Crippen LogP contribution is 2.24. The van der Waals surface area contributed by atoms with Gasteiger partial charge < -0.3 is 15.1 Å². The first-order chi connectivity index (χ1) is 12.6. The highest BCUT2D eigenvalue weighted by molar-refractivity contribution is 5.94. The predicted molar refractivity (Wildman–Crippen MR) is 109 cm³/mol. The maximum absolute atomic E-state index is 12.7. The Morgan fingerprint density at radius 3 is 2.42 bits per heavy atom. The molecule has 0 atom stereocenters. The van der Waals surface area contributed by atoms with Gasteiger partial charge in [0.25, 0.3) is 5.91 Å². The lowest BCUT2D eigenvalue weighted by Crippen LogP contribution is -2.48. The van der Waals surface area contributed by atoms with Gasteiger partial charge in [-0.2, -0.15) is 0 Å². The van der Waals surface area contributed by atoms with Crippen molar-refractivity contribution in [2.24, 2.45) is 0 Å². The van der Waals surface area contributed by atoms with Gasteiger partial charge in [0.05, 0.1) is 0 Å². The van der Waals surface area contributed by atoms with Crippen LogP contribution in [0.2, 0.25) is 0 Å². The lowest BCUT2D eigenvalue weighted by atomic mass is 10.1. The molecule has 3 rings (SSSR count). The van der Waals surface area contributed by atoms with Crippen LogP contribution in [0.3, 0.4) is 0 Å². The van der Waals surface area contributed by atoms with Crippen LogP contribution in [0.4, 0.5) is 11.4 Å². The molecule has 2 aromatic rings. The molecule has 0 bridgehead atoms. The highest BCUT2D eigenvalue weighted by Gasteiger charge is 2.22. The number of aryl methyl sites for hydroxylation is 2. The predicted octanol–water partition coefficient (Wildman–Crippen LogP) is 3.86. The topological polar surface area (TPSA) is 35.6 Å². The Bertz CT molecular complexity index is 774. The Hall–Kier alpha value is -2.75. The number of benzene rings is 2. The summed E-state index contributed by atoms with van der Waals surface area (Å²) in [5.74, 6) is 0.127. The van der Waals surface area contributed by atoms with Gasteiger partial charge >= 0.3 is 0 Å². The summed E-state index contributed by atoms with van der Waals surface area (Å²) in [5, 5.41) is 3.39. The summed E-state index contributed by atoms with van der Waals surface area (Å²) in [6, 6.07) is 14.3. The van der Waals surface area contributed by atoms with Gasteiger partial charge in [-0.1, -0.05) is 29.8 Å². The summed E-state index contributed by atoms with van der Waals surface area (Å²) in [6.45, 7) is 11.8. The second-order valence-electron chi connectivity index (χ2n) is 6.81. The second kappa shape index (κ2) is 8.09. The Morgan fingerprint density at radius 1 is 1.08 bits per heavy atom. The Morgan fingerprint density at radius 2 is 1.77 bits per heavy atom. The monoisotopic (exact) mass is 349 g/mol. The number of rotatable bonds is 5. The minimum absolute atomic E-state index is 0.127. The van der Waals surface area contributed by atoms with Gasteiger partial charge in [-0.15, -0.1) is 6.58 Å². The van der Waals surface area contributed by atoms with E-state index in [1.165, 1.54) is 16.8 Å². The van der Waals surface area contributed by atoms with E-state index in [1.807, 2.05) is 42.2 Å². The molecule has 0 radical (unpaired) electrons. The normalized spacial score (nSPS) is 14.2. The van der Waals surface area contributed by atoms with Crippen LogP contribution >= 0.6 is 0 Å². The van der Waals surface area contributed by atoms with Crippen molar-refractivity contribution in [2.45, 2.75) is 13.8 Å². The number of piperazine rings is 1. The minimum Gasteiger partial charge on any atom is -0.381 e. The van der Waals surface area contributed by atoms with Crippen molar-refractivity contribution in [1.82, 2.24) is 4.90 Å². The average Bonchev–Trinajstić information content (AvgIpc) is 2.67. The van der Waals surface area contributed by atoms with E-state index in [2.05, 4.69) is 41.9 Å². The fourth-order valence-electron chi connectivity index (χ4n) is 3.23. The third-order valence-electron chi connectivity index (χ3n) is 4.89. The van der Waals surface area contributed by atoms with E-state index in [4.69, 9.17) is 0 Å². The van der Waals surface area contributed by atoms with Crippen molar-refractivity contribution in [3.63, 3.8) is 0 Å². The van der Waals surface area contributed by atoms with Crippen LogP contribution < -0.4 is 10.2 Å². The molecule has 1 fully saturated rings. The largest absolute Gasteiger partial charge is 0.381 e. The number of nitrogens with one attached hydrogen (secondary N) is 1. The van der Waals surface area contributed by atoms with Crippen LogP contribution in [0.15, 0.2) is 55.1 Å².